The summed E-state index contributed by atoms with van der Waals surface area (Å²) in [5.41, 5.74) is 14.2. The van der Waals surface area contributed by atoms with Gasteiger partial charge in [0.2, 0.25) is 5.96 Å². The maximum Gasteiger partial charge on any atom is 0.323 e. The van der Waals surface area contributed by atoms with Gasteiger partial charge in [0.25, 0.3) is 10.0 Å². The molecule has 2 rings (SSSR count). The fourth-order valence-electron chi connectivity index (χ4n) is 3.75. The monoisotopic (exact) mass is 466 g/mol. The summed E-state index contributed by atoms with van der Waals surface area (Å²) in [6, 6.07) is -0.783. The predicted molar refractivity (Wildman–Crippen MR) is 124 cm³/mol. The molecular formula is C22H34N4O5S. The first kappa shape index (κ1) is 25.7. The molecule has 1 aromatic carbocycles. The van der Waals surface area contributed by atoms with Crippen LogP contribution in [0.4, 0.5) is 0 Å². The van der Waals surface area contributed by atoms with Gasteiger partial charge in [-0.05, 0) is 64.2 Å². The van der Waals surface area contributed by atoms with Gasteiger partial charge < -0.3 is 20.9 Å². The Morgan fingerprint density at radius 2 is 1.97 bits per heavy atom. The molecule has 1 aromatic rings. The van der Waals surface area contributed by atoms with Crippen molar-refractivity contribution < 1.29 is 22.7 Å². The zero-order valence-electron chi connectivity index (χ0n) is 19.4. The number of aliphatic imine (C=N–C) groups is 1. The molecule has 0 aromatic heterocycles. The minimum absolute atomic E-state index is 0.101. The highest BCUT2D eigenvalue weighted by Crippen LogP contribution is 2.43. The Morgan fingerprint density at radius 3 is 2.59 bits per heavy atom. The lowest BCUT2D eigenvalue weighted by Crippen LogP contribution is -2.38. The first-order valence-electron chi connectivity index (χ1n) is 10.5. The van der Waals surface area contributed by atoms with Gasteiger partial charge in [-0.3, -0.25) is 9.79 Å². The minimum Gasteiger partial charge on any atom is -0.487 e. The normalized spacial score (nSPS) is 16.1. The summed E-state index contributed by atoms with van der Waals surface area (Å²) in [5.74, 6) is 0.0162. The van der Waals surface area contributed by atoms with E-state index in [2.05, 4.69) is 16.3 Å². The summed E-state index contributed by atoms with van der Waals surface area (Å²) in [4.78, 5) is 15.9. The highest BCUT2D eigenvalue weighted by Gasteiger charge is 2.36. The molecule has 0 spiro atoms. The molecule has 0 bridgehead atoms. The molecule has 0 saturated carbocycles. The molecule has 10 heteroatoms. The Bertz CT molecular complexity index is 1030. The third-order valence-corrected chi connectivity index (χ3v) is 7.03. The van der Waals surface area contributed by atoms with E-state index in [1.165, 1.54) is 6.08 Å². The fourth-order valence-corrected chi connectivity index (χ4v) is 5.27. The average molecular weight is 467 g/mol. The molecule has 1 aliphatic rings. The van der Waals surface area contributed by atoms with Crippen molar-refractivity contribution in [1.82, 2.24) is 4.72 Å². The fraction of sp³-hybridized carbons (Fsp3) is 0.545. The quantitative estimate of drug-likeness (QED) is 0.165. The number of ether oxygens (including phenoxy) is 2. The van der Waals surface area contributed by atoms with Crippen LogP contribution in [0.2, 0.25) is 0 Å². The van der Waals surface area contributed by atoms with Crippen molar-refractivity contribution in [2.45, 2.75) is 70.4 Å². The van der Waals surface area contributed by atoms with E-state index in [-0.39, 0.29) is 29.6 Å². The number of nitrogens with one attached hydrogen (secondary N) is 1. The second-order valence-corrected chi connectivity index (χ2v) is 10.2. The van der Waals surface area contributed by atoms with Crippen LogP contribution in [-0.4, -0.2) is 45.1 Å². The van der Waals surface area contributed by atoms with Gasteiger partial charge in [0, 0.05) is 18.5 Å². The number of hydrogen-bond donors (Lipinski definition) is 3. The topological polar surface area (TPSA) is 146 Å². The largest absolute Gasteiger partial charge is 0.487 e. The summed E-state index contributed by atoms with van der Waals surface area (Å²) in [7, 11) is -3.95. The average Bonchev–Trinajstić information content (AvgIpc) is 3.03. The van der Waals surface area contributed by atoms with Gasteiger partial charge in [-0.15, -0.1) is 0 Å². The highest BCUT2D eigenvalue weighted by molar-refractivity contribution is 7.90. The number of nitrogens with two attached hydrogens (primary N) is 2. The van der Waals surface area contributed by atoms with E-state index >= 15 is 0 Å². The van der Waals surface area contributed by atoms with Crippen molar-refractivity contribution in [2.75, 3.05) is 13.2 Å². The zero-order chi connectivity index (χ0) is 24.3. The van der Waals surface area contributed by atoms with Crippen molar-refractivity contribution in [3.63, 3.8) is 0 Å². The van der Waals surface area contributed by atoms with Crippen LogP contribution in [0.15, 0.2) is 22.5 Å². The highest BCUT2D eigenvalue weighted by atomic mass is 32.2. The lowest BCUT2D eigenvalue weighted by molar-refractivity contribution is -0.144. The standard InChI is InChI=1S/C22H34N4O5S/c1-7-11-30-20(27)17(23)9-8-10-25-21(24)26-32(28,29)19-14(3)13(2)18-16(15(19)4)12-22(5,6)31-18/h7,17H,1,8-12,23H2,2-6H3,(H3,24,25,26). The van der Waals surface area contributed by atoms with E-state index in [1.807, 2.05) is 20.8 Å². The van der Waals surface area contributed by atoms with E-state index in [0.717, 1.165) is 16.9 Å². The molecule has 1 unspecified atom stereocenters. The summed E-state index contributed by atoms with van der Waals surface area (Å²) >= 11 is 0. The summed E-state index contributed by atoms with van der Waals surface area (Å²) in [5, 5.41) is 0. The van der Waals surface area contributed by atoms with Gasteiger partial charge in [-0.25, -0.2) is 13.1 Å². The molecule has 0 radical (unpaired) electrons. The number of esters is 1. The van der Waals surface area contributed by atoms with Crippen LogP contribution in [0.5, 0.6) is 5.75 Å². The lowest BCUT2D eigenvalue weighted by atomic mass is 9.94. The van der Waals surface area contributed by atoms with Crippen LogP contribution in [0, 0.1) is 20.8 Å². The van der Waals surface area contributed by atoms with Crippen molar-refractivity contribution in [1.29, 1.82) is 0 Å². The number of benzene rings is 1. The number of carbonyl (C=O) groups excluding carboxylic acids is 1. The van der Waals surface area contributed by atoms with E-state index in [0.29, 0.717) is 30.4 Å². The van der Waals surface area contributed by atoms with Crippen LogP contribution in [0.3, 0.4) is 0 Å². The van der Waals surface area contributed by atoms with Gasteiger partial charge in [-0.1, -0.05) is 12.7 Å². The molecule has 32 heavy (non-hydrogen) atoms. The molecule has 0 saturated heterocycles. The van der Waals surface area contributed by atoms with Crippen LogP contribution in [0.1, 0.15) is 48.9 Å². The number of hydrogen-bond acceptors (Lipinski definition) is 7. The molecule has 1 aliphatic heterocycles. The number of guanidine groups is 1. The molecule has 5 N–H and O–H groups in total. The lowest BCUT2D eigenvalue weighted by Gasteiger charge is -2.19. The molecule has 1 atom stereocenters. The van der Waals surface area contributed by atoms with Crippen molar-refractivity contribution >= 4 is 22.0 Å². The van der Waals surface area contributed by atoms with Crippen molar-refractivity contribution in [3.8, 4) is 5.75 Å². The third kappa shape index (κ3) is 5.80. The Hall–Kier alpha value is -2.59. The number of fused-ring (bicyclic) bond motifs is 1. The number of rotatable bonds is 9. The van der Waals surface area contributed by atoms with Gasteiger partial charge in [-0.2, -0.15) is 0 Å². The van der Waals surface area contributed by atoms with Gasteiger partial charge in [0.05, 0.1) is 4.90 Å². The van der Waals surface area contributed by atoms with E-state index in [1.54, 1.807) is 13.8 Å². The maximum atomic E-state index is 13.1. The first-order chi connectivity index (χ1) is 14.8. The van der Waals surface area contributed by atoms with Crippen LogP contribution in [-0.2, 0) is 26.0 Å². The maximum absolute atomic E-state index is 13.1. The smallest absolute Gasteiger partial charge is 0.323 e. The zero-order valence-corrected chi connectivity index (χ0v) is 20.3. The van der Waals surface area contributed by atoms with Gasteiger partial charge in [0.15, 0.2) is 0 Å². The minimum atomic E-state index is -3.95. The van der Waals surface area contributed by atoms with Crippen LogP contribution < -0.4 is 20.9 Å². The van der Waals surface area contributed by atoms with E-state index in [4.69, 9.17) is 20.9 Å². The van der Waals surface area contributed by atoms with Crippen molar-refractivity contribution in [2.24, 2.45) is 16.5 Å². The Labute approximate surface area is 190 Å². The molecule has 1 heterocycles. The van der Waals surface area contributed by atoms with Crippen LogP contribution in [0.25, 0.3) is 0 Å². The SMILES string of the molecule is C=CCOC(=O)C(N)CCCN=C(N)NS(=O)(=O)c1c(C)c(C)c2c(c1C)CC(C)(C)O2. The molecule has 178 valence electrons. The predicted octanol–water partition coefficient (Wildman–Crippen LogP) is 1.76. The van der Waals surface area contributed by atoms with E-state index in [9.17, 15) is 13.2 Å². The molecule has 9 nitrogen and oxygen atoms in total. The molecule has 0 aliphatic carbocycles. The van der Waals surface area contributed by atoms with Gasteiger partial charge >= 0.3 is 5.97 Å². The van der Waals surface area contributed by atoms with Crippen LogP contribution >= 0.6 is 0 Å². The summed E-state index contributed by atoms with van der Waals surface area (Å²) in [6.45, 7) is 13.1. The summed E-state index contributed by atoms with van der Waals surface area (Å²) in [6.07, 6.45) is 2.85. The Balaban J connectivity index is 2.10. The van der Waals surface area contributed by atoms with E-state index < -0.39 is 22.0 Å². The number of carbonyl (C=O) groups is 1. The number of nitrogens with zero attached hydrogens (tertiary/aromatic N) is 1. The second-order valence-electron chi connectivity index (χ2n) is 8.59. The number of sulfonamides is 1. The molecule has 0 fully saturated rings. The van der Waals surface area contributed by atoms with Gasteiger partial charge in [0.1, 0.15) is 24.0 Å². The van der Waals surface area contributed by atoms with Crippen molar-refractivity contribution in [3.05, 3.63) is 34.9 Å². The Morgan fingerprint density at radius 1 is 1.31 bits per heavy atom. The Kier molecular flexibility index (Phi) is 7.95. The second kappa shape index (κ2) is 9.91. The third-order valence-electron chi connectivity index (χ3n) is 5.40. The summed E-state index contributed by atoms with van der Waals surface area (Å²) < 4.78 is 39.5. The molecular weight excluding hydrogens is 432 g/mol. The first-order valence-corrected chi connectivity index (χ1v) is 12.0. The molecule has 0 amide bonds.